The van der Waals surface area contributed by atoms with Gasteiger partial charge in [-0.2, -0.15) is 26.3 Å². The smallest absolute Gasteiger partial charge is 0.244 e. The molecule has 0 aromatic rings. The Morgan fingerprint density at radius 3 is 1.67 bits per heavy atom. The Bertz CT molecular complexity index is 253. The number of alkyl halides is 7. The van der Waals surface area contributed by atoms with Crippen molar-refractivity contribution in [2.24, 2.45) is 0 Å². The highest BCUT2D eigenvalue weighted by atomic mass is 19.4. The lowest BCUT2D eigenvalue weighted by Crippen LogP contribution is -2.55. The minimum Gasteiger partial charge on any atom is -0.244 e. The molecule has 0 aliphatic heterocycles. The normalized spacial score (nSPS) is 15.7. The van der Waals surface area contributed by atoms with Crippen molar-refractivity contribution in [3.63, 3.8) is 0 Å². The minimum atomic E-state index is -6.36. The van der Waals surface area contributed by atoms with Crippen molar-refractivity contribution in [3.8, 4) is 0 Å². The lowest BCUT2D eigenvalue weighted by atomic mass is 10.0. The van der Waals surface area contributed by atoms with E-state index in [1.54, 1.807) is 0 Å². The fraction of sp³-hybridized carbons (Fsp3) is 0.667. The minimum absolute atomic E-state index is 1.60. The second-order valence-electron chi connectivity index (χ2n) is 2.44. The monoisotopic (exact) mass is 246 g/mol. The van der Waals surface area contributed by atoms with Gasteiger partial charge >= 0.3 is 17.8 Å². The Morgan fingerprint density at radius 2 is 1.40 bits per heavy atom. The van der Waals surface area contributed by atoms with Crippen LogP contribution in [-0.4, -0.2) is 24.4 Å². The van der Waals surface area contributed by atoms with Crippen LogP contribution in [0.4, 0.5) is 39.5 Å². The van der Waals surface area contributed by atoms with E-state index in [4.69, 9.17) is 0 Å². The third-order valence-corrected chi connectivity index (χ3v) is 1.42. The summed E-state index contributed by atoms with van der Waals surface area (Å²) in [4.78, 5) is 0. The molecule has 0 amide bonds. The van der Waals surface area contributed by atoms with Gasteiger partial charge < -0.3 is 0 Å². The number of hydrogen-bond acceptors (Lipinski definition) is 0. The average molecular weight is 246 g/mol. The van der Waals surface area contributed by atoms with Crippen LogP contribution >= 0.6 is 0 Å². The molecule has 0 aliphatic rings. The van der Waals surface area contributed by atoms with Crippen LogP contribution in [0.25, 0.3) is 0 Å². The lowest BCUT2D eigenvalue weighted by Gasteiger charge is -2.29. The van der Waals surface area contributed by atoms with Gasteiger partial charge in [0.25, 0.3) is 0 Å². The molecule has 0 rings (SSSR count). The quantitative estimate of drug-likeness (QED) is 0.664. The van der Waals surface area contributed by atoms with Crippen LogP contribution in [0.15, 0.2) is 12.2 Å². The van der Waals surface area contributed by atoms with Crippen molar-refractivity contribution < 1.29 is 39.5 Å². The summed E-state index contributed by atoms with van der Waals surface area (Å²) in [6.45, 7) is -3.13. The maximum absolute atomic E-state index is 12.2. The molecule has 0 nitrogen and oxygen atoms in total. The third-order valence-electron chi connectivity index (χ3n) is 1.42. The van der Waals surface area contributed by atoms with Gasteiger partial charge in [0.15, 0.2) is 6.67 Å². The van der Waals surface area contributed by atoms with Crippen LogP contribution < -0.4 is 0 Å². The topological polar surface area (TPSA) is 0 Å². The molecule has 0 spiro atoms. The fourth-order valence-electron chi connectivity index (χ4n) is 0.532. The van der Waals surface area contributed by atoms with Crippen LogP contribution in [0.5, 0.6) is 0 Å². The van der Waals surface area contributed by atoms with Gasteiger partial charge in [-0.05, 0) is 0 Å². The molecule has 90 valence electrons. The van der Waals surface area contributed by atoms with E-state index < -0.39 is 36.6 Å². The first-order valence-electron chi connectivity index (χ1n) is 3.20. The van der Waals surface area contributed by atoms with Crippen molar-refractivity contribution in [2.45, 2.75) is 17.8 Å². The molecular formula is C6H3F9. The summed E-state index contributed by atoms with van der Waals surface area (Å²) in [7, 11) is 0. The summed E-state index contributed by atoms with van der Waals surface area (Å²) in [5.74, 6) is -21.7. The summed E-state index contributed by atoms with van der Waals surface area (Å²) in [6.07, 6.45) is -1.60. The van der Waals surface area contributed by atoms with Crippen molar-refractivity contribution in [2.75, 3.05) is 6.67 Å². The second-order valence-corrected chi connectivity index (χ2v) is 2.44. The standard InChI is InChI=1S/C6H3F9/c7-1-3(9)5(12,13)6(14,15)4(10,11)2-8/h1H,2H2. The zero-order chi connectivity index (χ0) is 12.5. The van der Waals surface area contributed by atoms with Gasteiger partial charge in [-0.1, -0.05) is 0 Å². The molecule has 15 heavy (non-hydrogen) atoms. The molecule has 0 heterocycles. The molecule has 0 radical (unpaired) electrons. The molecule has 0 fully saturated rings. The van der Waals surface area contributed by atoms with E-state index in [2.05, 4.69) is 0 Å². The molecular weight excluding hydrogens is 243 g/mol. The highest BCUT2D eigenvalue weighted by Gasteiger charge is 2.73. The van der Waals surface area contributed by atoms with Crippen LogP contribution in [0.1, 0.15) is 0 Å². The van der Waals surface area contributed by atoms with Crippen molar-refractivity contribution in [3.05, 3.63) is 12.2 Å². The van der Waals surface area contributed by atoms with E-state index in [0.717, 1.165) is 0 Å². The SMILES string of the molecule is FC=C(F)C(F)(F)C(F)(F)C(F)(F)CF. The van der Waals surface area contributed by atoms with E-state index >= 15 is 0 Å². The maximum Gasteiger partial charge on any atom is 0.381 e. The second kappa shape index (κ2) is 3.93. The Labute approximate surface area is 77.4 Å². The first-order valence-corrected chi connectivity index (χ1v) is 3.20. The largest absolute Gasteiger partial charge is 0.381 e. The molecule has 0 saturated heterocycles. The summed E-state index contributed by atoms with van der Waals surface area (Å²) in [5.41, 5.74) is 0. The molecule has 0 atom stereocenters. The Hall–Kier alpha value is -0.890. The van der Waals surface area contributed by atoms with E-state index in [0.29, 0.717) is 0 Å². The van der Waals surface area contributed by atoms with Gasteiger partial charge in [-0.15, -0.1) is 0 Å². The van der Waals surface area contributed by atoms with Crippen LogP contribution in [0.2, 0.25) is 0 Å². The number of halogens is 9. The molecule has 0 aromatic carbocycles. The summed E-state index contributed by atoms with van der Waals surface area (Å²) >= 11 is 0. The summed E-state index contributed by atoms with van der Waals surface area (Å²) < 4.78 is 107. The predicted octanol–water partition coefficient (Wildman–Crippen LogP) is 3.64. The van der Waals surface area contributed by atoms with E-state index in [-0.39, 0.29) is 0 Å². The third kappa shape index (κ3) is 2.05. The maximum atomic E-state index is 12.2. The van der Waals surface area contributed by atoms with Crippen LogP contribution in [-0.2, 0) is 0 Å². The molecule has 0 N–H and O–H groups in total. The molecule has 0 aliphatic carbocycles. The number of allylic oxidation sites excluding steroid dienone is 1. The van der Waals surface area contributed by atoms with Gasteiger partial charge in [0.05, 0.1) is 0 Å². The van der Waals surface area contributed by atoms with E-state index in [9.17, 15) is 39.5 Å². The molecule has 0 unspecified atom stereocenters. The Morgan fingerprint density at radius 1 is 1.00 bits per heavy atom. The van der Waals surface area contributed by atoms with Gasteiger partial charge in [0, 0.05) is 0 Å². The van der Waals surface area contributed by atoms with Gasteiger partial charge in [0.2, 0.25) is 5.83 Å². The van der Waals surface area contributed by atoms with Crippen molar-refractivity contribution in [1.82, 2.24) is 0 Å². The Kier molecular flexibility index (Phi) is 3.70. The molecule has 0 bridgehead atoms. The van der Waals surface area contributed by atoms with Crippen molar-refractivity contribution in [1.29, 1.82) is 0 Å². The zero-order valence-corrected chi connectivity index (χ0v) is 6.69. The molecule has 9 heteroatoms. The predicted molar refractivity (Wildman–Crippen MR) is 31.1 cm³/mol. The zero-order valence-electron chi connectivity index (χ0n) is 6.69. The van der Waals surface area contributed by atoms with Gasteiger partial charge in [-0.3, -0.25) is 0 Å². The first-order chi connectivity index (χ1) is 6.54. The van der Waals surface area contributed by atoms with Crippen LogP contribution in [0.3, 0.4) is 0 Å². The first kappa shape index (κ1) is 14.1. The summed E-state index contributed by atoms with van der Waals surface area (Å²) in [5, 5.41) is 0. The number of hydrogen-bond donors (Lipinski definition) is 0. The van der Waals surface area contributed by atoms with E-state index in [1.807, 2.05) is 0 Å². The van der Waals surface area contributed by atoms with Gasteiger partial charge in [-0.25, -0.2) is 13.2 Å². The van der Waals surface area contributed by atoms with Gasteiger partial charge in [0.1, 0.15) is 6.33 Å². The van der Waals surface area contributed by atoms with Crippen LogP contribution in [0, 0.1) is 0 Å². The lowest BCUT2D eigenvalue weighted by molar-refractivity contribution is -0.303. The van der Waals surface area contributed by atoms with E-state index in [1.165, 1.54) is 0 Å². The highest BCUT2D eigenvalue weighted by molar-refractivity contribution is 5.12. The fourth-order valence-corrected chi connectivity index (χ4v) is 0.532. The average Bonchev–Trinajstić information content (AvgIpc) is 2.15. The van der Waals surface area contributed by atoms with Crippen molar-refractivity contribution >= 4 is 0 Å². The highest BCUT2D eigenvalue weighted by Crippen LogP contribution is 2.49. The number of rotatable bonds is 4. The Balaban J connectivity index is 5.37. The molecule has 0 aromatic heterocycles. The summed E-state index contributed by atoms with van der Waals surface area (Å²) in [6, 6.07) is 0. The molecule has 0 saturated carbocycles.